The average molecular weight is 516 g/mol. The van der Waals surface area contributed by atoms with Crippen LogP contribution >= 0.6 is 0 Å². The van der Waals surface area contributed by atoms with Gasteiger partial charge in [-0.1, -0.05) is 26.8 Å². The van der Waals surface area contributed by atoms with Gasteiger partial charge in [-0.3, -0.25) is 0 Å². The summed E-state index contributed by atoms with van der Waals surface area (Å²) in [5, 5.41) is 13.5. The summed E-state index contributed by atoms with van der Waals surface area (Å²) >= 11 is 0. The number of aromatic nitrogens is 4. The number of benzene rings is 1. The number of hydrogen-bond acceptors (Lipinski definition) is 8. The maximum absolute atomic E-state index is 9.73. The van der Waals surface area contributed by atoms with E-state index in [1.165, 1.54) is 0 Å². The van der Waals surface area contributed by atoms with E-state index < -0.39 is 8.32 Å². The SMILES string of the molecule is Cc1ccc(N2CCc3ncnc(NC(CO[Si](C)(C)C(C)(C)C)c4cnc(C)nc4)c3C2)c(C#N)c1. The van der Waals surface area contributed by atoms with Gasteiger partial charge in [-0.25, -0.2) is 19.9 Å². The van der Waals surface area contributed by atoms with E-state index in [2.05, 4.69) is 76.2 Å². The highest BCUT2D eigenvalue weighted by molar-refractivity contribution is 6.74. The summed E-state index contributed by atoms with van der Waals surface area (Å²) in [4.78, 5) is 20.3. The first-order valence-electron chi connectivity index (χ1n) is 12.8. The number of fused-ring (bicyclic) bond motifs is 1. The van der Waals surface area contributed by atoms with Crippen molar-refractivity contribution in [3.05, 3.63) is 70.7 Å². The maximum atomic E-state index is 9.73. The van der Waals surface area contributed by atoms with Crippen LogP contribution in [-0.4, -0.2) is 41.4 Å². The van der Waals surface area contributed by atoms with Gasteiger partial charge in [-0.05, 0) is 49.7 Å². The van der Waals surface area contributed by atoms with Crippen molar-refractivity contribution in [3.63, 3.8) is 0 Å². The molecule has 4 rings (SSSR count). The van der Waals surface area contributed by atoms with Crippen molar-refractivity contribution in [3.8, 4) is 6.07 Å². The van der Waals surface area contributed by atoms with E-state index >= 15 is 0 Å². The van der Waals surface area contributed by atoms with Crippen LogP contribution in [0.15, 0.2) is 36.9 Å². The number of nitriles is 1. The van der Waals surface area contributed by atoms with Crippen LogP contribution in [0, 0.1) is 25.2 Å². The number of anilines is 2. The maximum Gasteiger partial charge on any atom is 0.192 e. The summed E-state index contributed by atoms with van der Waals surface area (Å²) in [7, 11) is -1.98. The molecule has 0 radical (unpaired) electrons. The zero-order valence-corrected chi connectivity index (χ0v) is 24.0. The van der Waals surface area contributed by atoms with Crippen molar-refractivity contribution >= 4 is 19.8 Å². The van der Waals surface area contributed by atoms with Crippen LogP contribution in [0.4, 0.5) is 11.5 Å². The van der Waals surface area contributed by atoms with Crippen LogP contribution in [0.5, 0.6) is 0 Å². The highest BCUT2D eigenvalue weighted by Gasteiger charge is 2.38. The fourth-order valence-corrected chi connectivity index (χ4v) is 5.18. The first kappa shape index (κ1) is 26.7. The molecule has 37 heavy (non-hydrogen) atoms. The normalized spacial score (nSPS) is 14.6. The summed E-state index contributed by atoms with van der Waals surface area (Å²) < 4.78 is 6.62. The largest absolute Gasteiger partial charge is 0.414 e. The van der Waals surface area contributed by atoms with Gasteiger partial charge in [-0.2, -0.15) is 5.26 Å². The zero-order valence-electron chi connectivity index (χ0n) is 23.0. The first-order valence-corrected chi connectivity index (χ1v) is 15.7. The van der Waals surface area contributed by atoms with Gasteiger partial charge in [0.05, 0.1) is 29.6 Å². The molecule has 1 N–H and O–H groups in total. The van der Waals surface area contributed by atoms with Crippen LogP contribution in [-0.2, 0) is 17.4 Å². The molecule has 9 heteroatoms. The molecule has 0 spiro atoms. The number of nitrogens with one attached hydrogen (secondary N) is 1. The fraction of sp³-hybridized carbons (Fsp3) is 0.464. The number of hydrogen-bond donors (Lipinski definition) is 1. The fourth-order valence-electron chi connectivity index (χ4n) is 4.16. The highest BCUT2D eigenvalue weighted by Crippen LogP contribution is 2.38. The quantitative estimate of drug-likeness (QED) is 0.412. The van der Waals surface area contributed by atoms with Gasteiger partial charge in [0.1, 0.15) is 24.0 Å². The van der Waals surface area contributed by atoms with Gasteiger partial charge < -0.3 is 14.6 Å². The molecule has 0 saturated carbocycles. The second-order valence-corrected chi connectivity index (χ2v) is 16.1. The second kappa shape index (κ2) is 10.6. The summed E-state index contributed by atoms with van der Waals surface area (Å²) in [5.41, 5.74) is 5.74. The molecule has 1 aromatic carbocycles. The molecule has 3 heterocycles. The monoisotopic (exact) mass is 515 g/mol. The number of nitrogens with zero attached hydrogens (tertiary/aromatic N) is 6. The molecule has 1 aliphatic heterocycles. The van der Waals surface area contributed by atoms with Crippen molar-refractivity contribution in [1.29, 1.82) is 5.26 Å². The minimum absolute atomic E-state index is 0.0996. The first-order chi connectivity index (χ1) is 17.5. The van der Waals surface area contributed by atoms with Crippen molar-refractivity contribution < 1.29 is 4.43 Å². The third-order valence-electron chi connectivity index (χ3n) is 7.55. The summed E-state index contributed by atoms with van der Waals surface area (Å²) in [6.07, 6.45) is 6.13. The van der Waals surface area contributed by atoms with Gasteiger partial charge >= 0.3 is 0 Å². The number of aryl methyl sites for hydroxylation is 2. The third kappa shape index (κ3) is 5.97. The van der Waals surface area contributed by atoms with Gasteiger partial charge in [-0.15, -0.1) is 0 Å². The topological polar surface area (TPSA) is 99.8 Å². The lowest BCUT2D eigenvalue weighted by Gasteiger charge is -2.37. The predicted octanol–water partition coefficient (Wildman–Crippen LogP) is 5.49. The van der Waals surface area contributed by atoms with E-state index in [4.69, 9.17) is 4.43 Å². The molecule has 0 fully saturated rings. The van der Waals surface area contributed by atoms with Gasteiger partial charge in [0, 0.05) is 43.0 Å². The van der Waals surface area contributed by atoms with E-state index in [1.54, 1.807) is 6.33 Å². The zero-order chi connectivity index (χ0) is 26.8. The molecule has 1 unspecified atom stereocenters. The molecule has 1 aliphatic rings. The Labute approximate surface area is 221 Å². The standard InChI is InChI=1S/C28H37N7OSi/c1-19-8-9-26(21(12-19)13-29)35-11-10-24-23(16-35)27(33-18-32-24)34-25(22-14-30-20(2)31-15-22)17-36-37(6,7)28(3,4)5/h8-9,12,14-15,18,25H,10-11,16-17H2,1-7H3,(H,32,33,34). The summed E-state index contributed by atoms with van der Waals surface area (Å²) in [6.45, 7) is 17.0. The minimum Gasteiger partial charge on any atom is -0.414 e. The van der Waals surface area contributed by atoms with Gasteiger partial charge in [0.15, 0.2) is 8.32 Å². The molecule has 194 valence electrons. The summed E-state index contributed by atoms with van der Waals surface area (Å²) in [6, 6.07) is 8.22. The van der Waals surface area contributed by atoms with Crippen molar-refractivity contribution in [2.24, 2.45) is 0 Å². The van der Waals surface area contributed by atoms with Crippen LogP contribution in [0.1, 0.15) is 60.6 Å². The molecule has 3 aromatic rings. The van der Waals surface area contributed by atoms with E-state index in [-0.39, 0.29) is 11.1 Å². The molecule has 0 aliphatic carbocycles. The molecule has 0 amide bonds. The van der Waals surface area contributed by atoms with E-state index in [1.807, 2.05) is 38.4 Å². The Hall–Kier alpha value is -3.35. The Morgan fingerprint density at radius 1 is 1.14 bits per heavy atom. The van der Waals surface area contributed by atoms with Crippen LogP contribution in [0.3, 0.4) is 0 Å². The Kier molecular flexibility index (Phi) is 7.62. The molecule has 0 bridgehead atoms. The number of rotatable bonds is 7. The van der Waals surface area contributed by atoms with E-state index in [9.17, 15) is 5.26 Å². The molecule has 0 saturated heterocycles. The third-order valence-corrected chi connectivity index (χ3v) is 12.0. The molecule has 2 aromatic heterocycles. The average Bonchev–Trinajstić information content (AvgIpc) is 2.86. The minimum atomic E-state index is -1.98. The highest BCUT2D eigenvalue weighted by atomic mass is 28.4. The lowest BCUT2D eigenvalue weighted by molar-refractivity contribution is 0.271. The van der Waals surface area contributed by atoms with Crippen LogP contribution in [0.2, 0.25) is 18.1 Å². The predicted molar refractivity (Wildman–Crippen MR) is 149 cm³/mol. The van der Waals surface area contributed by atoms with Crippen LogP contribution < -0.4 is 10.2 Å². The smallest absolute Gasteiger partial charge is 0.192 e. The van der Waals surface area contributed by atoms with Crippen LogP contribution in [0.25, 0.3) is 0 Å². The van der Waals surface area contributed by atoms with Crippen molar-refractivity contribution in [1.82, 2.24) is 19.9 Å². The van der Waals surface area contributed by atoms with Crippen molar-refractivity contribution in [2.45, 2.75) is 71.8 Å². The summed E-state index contributed by atoms with van der Waals surface area (Å²) in [5.74, 6) is 1.51. The van der Waals surface area contributed by atoms with Gasteiger partial charge in [0.25, 0.3) is 0 Å². The Balaban J connectivity index is 1.64. The Morgan fingerprint density at radius 2 is 1.86 bits per heavy atom. The lowest BCUT2D eigenvalue weighted by atomic mass is 10.0. The Bertz CT molecular complexity index is 1300. The van der Waals surface area contributed by atoms with E-state index in [0.717, 1.165) is 52.7 Å². The molecule has 1 atom stereocenters. The van der Waals surface area contributed by atoms with E-state index in [0.29, 0.717) is 18.7 Å². The molecular weight excluding hydrogens is 478 g/mol. The second-order valence-electron chi connectivity index (χ2n) is 11.3. The lowest BCUT2D eigenvalue weighted by Crippen LogP contribution is -2.42. The Morgan fingerprint density at radius 3 is 2.54 bits per heavy atom. The van der Waals surface area contributed by atoms with Crippen molar-refractivity contribution in [2.75, 3.05) is 23.4 Å². The molecule has 8 nitrogen and oxygen atoms in total. The molecular formula is C28H37N7OSi. The van der Waals surface area contributed by atoms with Gasteiger partial charge in [0.2, 0.25) is 0 Å².